The number of piperazine rings is 1. The second-order valence-electron chi connectivity index (χ2n) is 8.81. The van der Waals surface area contributed by atoms with Crippen LogP contribution >= 0.6 is 11.3 Å². The van der Waals surface area contributed by atoms with Crippen LogP contribution in [0.25, 0.3) is 21.3 Å². The Labute approximate surface area is 199 Å². The summed E-state index contributed by atoms with van der Waals surface area (Å²) < 4.78 is 5.31. The smallest absolute Gasteiger partial charge is 0.236 e. The molecule has 7 nitrogen and oxygen atoms in total. The van der Waals surface area contributed by atoms with Crippen molar-refractivity contribution < 1.29 is 9.53 Å². The molecule has 1 aromatic carbocycles. The van der Waals surface area contributed by atoms with Crippen LogP contribution in [0.1, 0.15) is 25.7 Å². The number of hydrogen-bond donors (Lipinski definition) is 0. The highest BCUT2D eigenvalue weighted by atomic mass is 32.1. The molecule has 174 valence electrons. The maximum Gasteiger partial charge on any atom is 0.236 e. The van der Waals surface area contributed by atoms with Crippen molar-refractivity contribution in [1.29, 1.82) is 0 Å². The summed E-state index contributed by atoms with van der Waals surface area (Å²) >= 11 is 1.65. The maximum atomic E-state index is 12.8. The lowest BCUT2D eigenvalue weighted by molar-refractivity contribution is -0.132. The molecule has 33 heavy (non-hydrogen) atoms. The van der Waals surface area contributed by atoms with E-state index in [9.17, 15) is 4.79 Å². The summed E-state index contributed by atoms with van der Waals surface area (Å²) in [4.78, 5) is 29.7. The number of methoxy groups -OCH3 is 1. The molecule has 0 atom stereocenters. The fourth-order valence-electron chi connectivity index (χ4n) is 4.81. The molecule has 0 radical (unpaired) electrons. The zero-order valence-electron chi connectivity index (χ0n) is 19.2. The summed E-state index contributed by atoms with van der Waals surface area (Å²) in [5, 5.41) is 3.28. The lowest BCUT2D eigenvalue weighted by atomic mass is 10.1. The third-order valence-corrected chi connectivity index (χ3v) is 7.63. The minimum Gasteiger partial charge on any atom is -0.497 e. The minimum atomic E-state index is 0.286. The van der Waals surface area contributed by atoms with Crippen LogP contribution in [0.15, 0.2) is 36.0 Å². The number of carbonyl (C=O) groups excluding carboxylic acids is 1. The number of hydrogen-bond acceptors (Lipinski definition) is 7. The lowest BCUT2D eigenvalue weighted by Crippen LogP contribution is -2.50. The Hall–Kier alpha value is -2.71. The third kappa shape index (κ3) is 4.82. The van der Waals surface area contributed by atoms with Crippen LogP contribution < -0.4 is 9.64 Å². The molecule has 0 N–H and O–H groups in total. The van der Waals surface area contributed by atoms with Gasteiger partial charge in [-0.3, -0.25) is 9.69 Å². The second-order valence-corrected chi connectivity index (χ2v) is 9.67. The first-order chi connectivity index (χ1) is 16.2. The summed E-state index contributed by atoms with van der Waals surface area (Å²) in [6, 6.07) is 8.15. The monoisotopic (exact) mass is 465 g/mol. The van der Waals surface area contributed by atoms with Gasteiger partial charge in [-0.1, -0.05) is 25.0 Å². The molecule has 4 heterocycles. The number of aromatic nitrogens is 2. The quantitative estimate of drug-likeness (QED) is 0.570. The van der Waals surface area contributed by atoms with Crippen LogP contribution in [0.2, 0.25) is 0 Å². The number of anilines is 1. The predicted molar refractivity (Wildman–Crippen MR) is 133 cm³/mol. The summed E-state index contributed by atoms with van der Waals surface area (Å²) in [6.07, 6.45) is 6.44. The van der Waals surface area contributed by atoms with Crippen molar-refractivity contribution in [1.82, 2.24) is 19.8 Å². The highest BCUT2D eigenvalue weighted by Gasteiger charge is 2.25. The molecule has 1 amide bonds. The van der Waals surface area contributed by atoms with Crippen molar-refractivity contribution in [3.8, 4) is 16.9 Å². The summed E-state index contributed by atoms with van der Waals surface area (Å²) in [7, 11) is 1.68. The summed E-state index contributed by atoms with van der Waals surface area (Å²) in [5.74, 6) is 2.13. The van der Waals surface area contributed by atoms with Gasteiger partial charge < -0.3 is 14.5 Å². The van der Waals surface area contributed by atoms with Crippen LogP contribution in [0.4, 0.5) is 5.82 Å². The Morgan fingerprint density at radius 2 is 1.70 bits per heavy atom. The molecule has 2 fully saturated rings. The molecule has 2 aliphatic rings. The van der Waals surface area contributed by atoms with E-state index >= 15 is 0 Å². The van der Waals surface area contributed by atoms with Gasteiger partial charge in [0.25, 0.3) is 0 Å². The first-order valence-electron chi connectivity index (χ1n) is 11.8. The molecule has 2 aliphatic heterocycles. The Morgan fingerprint density at radius 3 is 2.39 bits per heavy atom. The number of amides is 1. The fraction of sp³-hybridized carbons (Fsp3) is 0.480. The van der Waals surface area contributed by atoms with Crippen LogP contribution in [-0.2, 0) is 4.79 Å². The van der Waals surface area contributed by atoms with Crippen molar-refractivity contribution in [3.05, 3.63) is 36.0 Å². The number of carbonyl (C=O) groups is 1. The Balaban J connectivity index is 1.29. The Kier molecular flexibility index (Phi) is 6.73. The SMILES string of the molecule is COc1ccc(-c2csc3ncnc(N4CCN(CC(=O)N5CCCCCC5)CC4)c23)cc1. The van der Waals surface area contributed by atoms with E-state index in [1.165, 1.54) is 12.8 Å². The Morgan fingerprint density at radius 1 is 0.970 bits per heavy atom. The van der Waals surface area contributed by atoms with E-state index in [-0.39, 0.29) is 5.91 Å². The van der Waals surface area contributed by atoms with E-state index in [4.69, 9.17) is 9.72 Å². The third-order valence-electron chi connectivity index (χ3n) is 6.74. The maximum absolute atomic E-state index is 12.8. The zero-order chi connectivity index (χ0) is 22.6. The van der Waals surface area contributed by atoms with Gasteiger partial charge in [-0.25, -0.2) is 9.97 Å². The molecule has 2 aromatic heterocycles. The molecule has 0 aliphatic carbocycles. The van der Waals surface area contributed by atoms with Gasteiger partial charge in [-0.15, -0.1) is 11.3 Å². The molecule has 0 unspecified atom stereocenters. The molecule has 5 rings (SSSR count). The summed E-state index contributed by atoms with van der Waals surface area (Å²) in [6.45, 7) is 5.82. The molecular formula is C25H31N5O2S. The van der Waals surface area contributed by atoms with E-state index in [0.29, 0.717) is 6.54 Å². The summed E-state index contributed by atoms with van der Waals surface area (Å²) in [5.41, 5.74) is 2.30. The normalized spacial score (nSPS) is 17.8. The number of likely N-dealkylation sites (tertiary alicyclic amines) is 1. The number of thiophene rings is 1. The average Bonchev–Trinajstić information content (AvgIpc) is 3.10. The zero-order valence-corrected chi connectivity index (χ0v) is 20.0. The van der Waals surface area contributed by atoms with Crippen molar-refractivity contribution >= 4 is 33.3 Å². The van der Waals surface area contributed by atoms with Gasteiger partial charge >= 0.3 is 0 Å². The topological polar surface area (TPSA) is 61.8 Å². The minimum absolute atomic E-state index is 0.286. The van der Waals surface area contributed by atoms with Gasteiger partial charge in [-0.05, 0) is 30.5 Å². The molecule has 0 saturated carbocycles. The van der Waals surface area contributed by atoms with Crippen LogP contribution in [0, 0.1) is 0 Å². The van der Waals surface area contributed by atoms with Crippen LogP contribution in [-0.4, -0.2) is 78.6 Å². The molecular weight excluding hydrogens is 434 g/mol. The molecule has 3 aromatic rings. The van der Waals surface area contributed by atoms with Crippen LogP contribution in [0.3, 0.4) is 0 Å². The number of nitrogens with zero attached hydrogens (tertiary/aromatic N) is 5. The predicted octanol–water partition coefficient (Wildman–Crippen LogP) is 3.89. The van der Waals surface area contributed by atoms with Crippen molar-refractivity contribution in [3.63, 3.8) is 0 Å². The van der Waals surface area contributed by atoms with Crippen LogP contribution in [0.5, 0.6) is 5.75 Å². The van der Waals surface area contributed by atoms with Crippen molar-refractivity contribution in [2.45, 2.75) is 25.7 Å². The van der Waals surface area contributed by atoms with E-state index in [1.807, 2.05) is 12.1 Å². The molecule has 8 heteroatoms. The molecule has 2 saturated heterocycles. The number of ether oxygens (including phenoxy) is 1. The van der Waals surface area contributed by atoms with Crippen molar-refractivity contribution in [2.75, 3.05) is 57.8 Å². The Bertz CT molecular complexity index is 1080. The van der Waals surface area contributed by atoms with E-state index in [0.717, 1.165) is 85.0 Å². The molecule has 0 spiro atoms. The lowest BCUT2D eigenvalue weighted by Gasteiger charge is -2.36. The number of rotatable bonds is 5. The van der Waals surface area contributed by atoms with Gasteiger partial charge in [0.1, 0.15) is 22.7 Å². The van der Waals surface area contributed by atoms with Gasteiger partial charge in [0.15, 0.2) is 0 Å². The largest absolute Gasteiger partial charge is 0.497 e. The first kappa shape index (κ1) is 22.1. The van der Waals surface area contributed by atoms with Gasteiger partial charge in [0, 0.05) is 50.2 Å². The highest BCUT2D eigenvalue weighted by Crippen LogP contribution is 2.38. The van der Waals surface area contributed by atoms with Gasteiger partial charge in [0.2, 0.25) is 5.91 Å². The molecule has 0 bridgehead atoms. The van der Waals surface area contributed by atoms with E-state index in [1.54, 1.807) is 24.8 Å². The van der Waals surface area contributed by atoms with Gasteiger partial charge in [-0.2, -0.15) is 0 Å². The van der Waals surface area contributed by atoms with Crippen molar-refractivity contribution in [2.24, 2.45) is 0 Å². The van der Waals surface area contributed by atoms with E-state index in [2.05, 4.69) is 37.2 Å². The fourth-order valence-corrected chi connectivity index (χ4v) is 5.72. The standard InChI is InChI=1S/C25H31N5O2S/c1-32-20-8-6-19(7-9-20)21-17-33-25-23(21)24(26-18-27-25)30-14-12-28(13-15-30)16-22(31)29-10-4-2-3-5-11-29/h6-9,17-18H,2-5,10-16H2,1H3. The van der Waals surface area contributed by atoms with E-state index < -0.39 is 0 Å². The second kappa shape index (κ2) is 10.1. The number of benzene rings is 1. The number of fused-ring (bicyclic) bond motifs is 1. The highest BCUT2D eigenvalue weighted by molar-refractivity contribution is 7.17. The first-order valence-corrected chi connectivity index (χ1v) is 12.7. The average molecular weight is 466 g/mol. The van der Waals surface area contributed by atoms with Gasteiger partial charge in [0.05, 0.1) is 19.0 Å².